The quantitative estimate of drug-likeness (QED) is 0.654. The average molecular weight is 420 g/mol. The summed E-state index contributed by atoms with van der Waals surface area (Å²) >= 11 is 0. The molecule has 1 saturated carbocycles. The van der Waals surface area contributed by atoms with Gasteiger partial charge in [-0.3, -0.25) is 4.79 Å². The lowest BCUT2D eigenvalue weighted by Gasteiger charge is -2.15. The second-order valence-corrected chi connectivity index (χ2v) is 7.91. The maximum absolute atomic E-state index is 12.9. The van der Waals surface area contributed by atoms with E-state index in [0.717, 1.165) is 25.0 Å². The summed E-state index contributed by atoms with van der Waals surface area (Å²) < 4.78 is 40.1. The fourth-order valence-electron chi connectivity index (χ4n) is 4.22. The van der Waals surface area contributed by atoms with Crippen molar-refractivity contribution >= 4 is 11.0 Å². The van der Waals surface area contributed by atoms with Crippen LogP contribution in [0.1, 0.15) is 61.3 Å². The first kappa shape index (κ1) is 20.6. The van der Waals surface area contributed by atoms with Crippen molar-refractivity contribution in [1.82, 2.24) is 19.7 Å². The van der Waals surface area contributed by atoms with E-state index in [4.69, 9.17) is 0 Å². The van der Waals surface area contributed by atoms with Crippen molar-refractivity contribution in [2.45, 2.75) is 57.9 Å². The van der Waals surface area contributed by atoms with E-state index in [0.29, 0.717) is 29.4 Å². The maximum atomic E-state index is 12.9. The summed E-state index contributed by atoms with van der Waals surface area (Å²) in [7, 11) is 0. The van der Waals surface area contributed by atoms with Crippen LogP contribution in [0.25, 0.3) is 11.0 Å². The number of H-pyrrole nitrogens is 1. The summed E-state index contributed by atoms with van der Waals surface area (Å²) in [5.74, 6) is 1.05. The van der Waals surface area contributed by atoms with E-state index in [1.54, 1.807) is 6.92 Å². The molecule has 1 aliphatic rings. The van der Waals surface area contributed by atoms with E-state index in [9.17, 15) is 23.1 Å². The SMILES string of the molecule is C[C@H](c1ccc(C(F)(F)F)cc1)n1nc(CO)c2c(=O)[nH]c(CC3CCCC3)nc21. The first-order chi connectivity index (χ1) is 14.3. The number of aromatic nitrogens is 4. The van der Waals surface area contributed by atoms with Crippen LogP contribution in [-0.2, 0) is 19.2 Å². The molecular weight excluding hydrogens is 397 g/mol. The Kier molecular flexibility index (Phi) is 5.40. The Bertz CT molecular complexity index is 1100. The van der Waals surface area contributed by atoms with Gasteiger partial charge in [0.25, 0.3) is 5.56 Å². The predicted octanol–water partition coefficient (Wildman–Crippen LogP) is 3.97. The molecule has 2 N–H and O–H groups in total. The minimum Gasteiger partial charge on any atom is -0.390 e. The van der Waals surface area contributed by atoms with Crippen LogP contribution in [-0.4, -0.2) is 24.9 Å². The molecule has 2 aromatic heterocycles. The van der Waals surface area contributed by atoms with Gasteiger partial charge in [0.1, 0.15) is 16.9 Å². The molecule has 1 atom stereocenters. The number of fused-ring (bicyclic) bond motifs is 1. The highest BCUT2D eigenvalue weighted by molar-refractivity contribution is 5.77. The van der Waals surface area contributed by atoms with Crippen LogP contribution in [0.5, 0.6) is 0 Å². The molecule has 0 radical (unpaired) electrons. The molecule has 0 spiro atoms. The molecule has 160 valence electrons. The smallest absolute Gasteiger partial charge is 0.390 e. The van der Waals surface area contributed by atoms with Gasteiger partial charge >= 0.3 is 6.18 Å². The number of nitrogens with one attached hydrogen (secondary N) is 1. The second-order valence-electron chi connectivity index (χ2n) is 7.91. The second kappa shape index (κ2) is 7.86. The zero-order valence-electron chi connectivity index (χ0n) is 16.5. The molecule has 0 bridgehead atoms. The molecule has 6 nitrogen and oxygen atoms in total. The highest BCUT2D eigenvalue weighted by Crippen LogP contribution is 2.31. The molecule has 0 saturated heterocycles. The van der Waals surface area contributed by atoms with Gasteiger partial charge in [0, 0.05) is 6.42 Å². The molecule has 9 heteroatoms. The third kappa shape index (κ3) is 3.86. The minimum absolute atomic E-state index is 0.199. The third-order valence-corrected chi connectivity index (χ3v) is 5.88. The monoisotopic (exact) mass is 420 g/mol. The van der Waals surface area contributed by atoms with Gasteiger partial charge in [-0.25, -0.2) is 9.67 Å². The molecule has 1 fully saturated rings. The van der Waals surface area contributed by atoms with Gasteiger partial charge < -0.3 is 10.1 Å². The number of benzene rings is 1. The van der Waals surface area contributed by atoms with Crippen LogP contribution in [0, 0.1) is 5.92 Å². The van der Waals surface area contributed by atoms with Crippen molar-refractivity contribution in [1.29, 1.82) is 0 Å². The van der Waals surface area contributed by atoms with Crippen molar-refractivity contribution in [2.75, 3.05) is 0 Å². The number of aliphatic hydroxyl groups excluding tert-OH is 1. The summed E-state index contributed by atoms with van der Waals surface area (Å²) in [5, 5.41) is 14.2. The fourth-order valence-corrected chi connectivity index (χ4v) is 4.22. The number of alkyl halides is 3. The lowest BCUT2D eigenvalue weighted by atomic mass is 10.0. The van der Waals surface area contributed by atoms with Crippen LogP contribution >= 0.6 is 0 Å². The van der Waals surface area contributed by atoms with E-state index in [1.165, 1.54) is 29.7 Å². The molecule has 1 aromatic carbocycles. The lowest BCUT2D eigenvalue weighted by Crippen LogP contribution is -2.16. The molecule has 0 aliphatic heterocycles. The topological polar surface area (TPSA) is 83.8 Å². The van der Waals surface area contributed by atoms with E-state index in [2.05, 4.69) is 15.1 Å². The molecule has 2 heterocycles. The Morgan fingerprint density at radius 3 is 2.50 bits per heavy atom. The van der Waals surface area contributed by atoms with E-state index >= 15 is 0 Å². The summed E-state index contributed by atoms with van der Waals surface area (Å²) in [6, 6.07) is 4.37. The van der Waals surface area contributed by atoms with Gasteiger partial charge in [0.15, 0.2) is 5.65 Å². The zero-order chi connectivity index (χ0) is 21.5. The third-order valence-electron chi connectivity index (χ3n) is 5.88. The number of rotatable bonds is 5. The first-order valence-electron chi connectivity index (χ1n) is 10.1. The summed E-state index contributed by atoms with van der Waals surface area (Å²) in [6.07, 6.45) is 0.812. The number of hydrogen-bond acceptors (Lipinski definition) is 4. The molecule has 0 amide bonds. The Morgan fingerprint density at radius 1 is 1.23 bits per heavy atom. The molecular formula is C21H23F3N4O2. The van der Waals surface area contributed by atoms with Crippen LogP contribution in [0.2, 0.25) is 0 Å². The van der Waals surface area contributed by atoms with Crippen molar-refractivity contribution in [3.05, 3.63) is 57.3 Å². The van der Waals surface area contributed by atoms with Gasteiger partial charge in [-0.05, 0) is 30.5 Å². The van der Waals surface area contributed by atoms with Gasteiger partial charge in [0.05, 0.1) is 18.2 Å². The number of hydrogen-bond donors (Lipinski definition) is 2. The molecule has 30 heavy (non-hydrogen) atoms. The Labute approximate surface area is 170 Å². The Balaban J connectivity index is 1.75. The Hall–Kier alpha value is -2.68. The van der Waals surface area contributed by atoms with E-state index in [-0.39, 0.29) is 16.6 Å². The van der Waals surface area contributed by atoms with Gasteiger partial charge in [-0.2, -0.15) is 18.3 Å². The minimum atomic E-state index is -4.41. The van der Waals surface area contributed by atoms with Gasteiger partial charge in [0.2, 0.25) is 0 Å². The molecule has 4 rings (SSSR count). The first-order valence-corrected chi connectivity index (χ1v) is 10.1. The fraction of sp³-hybridized carbons (Fsp3) is 0.476. The molecule has 0 unspecified atom stereocenters. The normalized spacial score (nSPS) is 16.4. The maximum Gasteiger partial charge on any atom is 0.416 e. The summed E-state index contributed by atoms with van der Waals surface area (Å²) in [6.45, 7) is 1.34. The van der Waals surface area contributed by atoms with E-state index < -0.39 is 24.4 Å². The molecule has 3 aromatic rings. The van der Waals surface area contributed by atoms with Gasteiger partial charge in [-0.15, -0.1) is 0 Å². The summed E-state index contributed by atoms with van der Waals surface area (Å²) in [4.78, 5) is 20.1. The summed E-state index contributed by atoms with van der Waals surface area (Å²) in [5.41, 5.74) is 0.0422. The van der Waals surface area contributed by atoms with Crippen LogP contribution in [0.15, 0.2) is 29.1 Å². The number of nitrogens with zero attached hydrogens (tertiary/aromatic N) is 3. The average Bonchev–Trinajstić information content (AvgIpc) is 3.34. The molecule has 1 aliphatic carbocycles. The predicted molar refractivity (Wildman–Crippen MR) is 105 cm³/mol. The van der Waals surface area contributed by atoms with Crippen molar-refractivity contribution < 1.29 is 18.3 Å². The van der Waals surface area contributed by atoms with Crippen LogP contribution in [0.3, 0.4) is 0 Å². The lowest BCUT2D eigenvalue weighted by molar-refractivity contribution is -0.137. The Morgan fingerprint density at radius 2 is 1.90 bits per heavy atom. The highest BCUT2D eigenvalue weighted by atomic mass is 19.4. The zero-order valence-corrected chi connectivity index (χ0v) is 16.5. The van der Waals surface area contributed by atoms with Crippen molar-refractivity contribution in [3.63, 3.8) is 0 Å². The van der Waals surface area contributed by atoms with Crippen LogP contribution < -0.4 is 5.56 Å². The number of aromatic amines is 1. The van der Waals surface area contributed by atoms with Crippen molar-refractivity contribution in [3.8, 4) is 0 Å². The van der Waals surface area contributed by atoms with Crippen molar-refractivity contribution in [2.24, 2.45) is 5.92 Å². The standard InChI is InChI=1S/C21H23F3N4O2/c1-12(14-6-8-15(9-7-14)21(22,23)24)28-19-18(16(11-29)27-28)20(30)26-17(25-19)10-13-4-2-3-5-13/h6-9,12-13,29H,2-5,10-11H2,1H3,(H,25,26,30)/t12-/m1/s1. The largest absolute Gasteiger partial charge is 0.416 e. The van der Waals surface area contributed by atoms with Gasteiger partial charge in [-0.1, -0.05) is 37.8 Å². The van der Waals surface area contributed by atoms with E-state index in [1.807, 2.05) is 0 Å². The van der Waals surface area contributed by atoms with Crippen LogP contribution in [0.4, 0.5) is 13.2 Å². The number of halogens is 3. The highest BCUT2D eigenvalue weighted by Gasteiger charge is 2.30. The number of aliphatic hydroxyl groups is 1.